The van der Waals surface area contributed by atoms with Crippen LogP contribution in [-0.2, 0) is 19.7 Å². The Kier molecular flexibility index (Phi) is 3.26. The number of rotatable bonds is 1. The summed E-state index contributed by atoms with van der Waals surface area (Å²) in [6.07, 6.45) is 6.20. The molecular weight excluding hydrogens is 384 g/mol. The van der Waals surface area contributed by atoms with Crippen LogP contribution in [0.25, 0.3) is 0 Å². The minimum atomic E-state index is -0.650. The first kappa shape index (κ1) is 18.0. The van der Waals surface area contributed by atoms with Crippen molar-refractivity contribution < 1.29 is 23.9 Å². The van der Waals surface area contributed by atoms with E-state index in [1.807, 2.05) is 29.2 Å². The molecule has 0 N–H and O–H groups in total. The second-order valence-corrected chi connectivity index (χ2v) is 9.27. The third kappa shape index (κ3) is 1.73. The first-order chi connectivity index (χ1) is 14.4. The van der Waals surface area contributed by atoms with Gasteiger partial charge in [-0.25, -0.2) is 4.79 Å². The van der Waals surface area contributed by atoms with Crippen molar-refractivity contribution in [2.24, 2.45) is 5.92 Å². The molecule has 30 heavy (non-hydrogen) atoms. The van der Waals surface area contributed by atoms with Crippen LogP contribution < -0.4 is 9.64 Å². The summed E-state index contributed by atoms with van der Waals surface area (Å²) in [4.78, 5) is 43.1. The number of carbonyl (C=O) groups excluding carboxylic acids is 3. The summed E-state index contributed by atoms with van der Waals surface area (Å²) in [5, 5.41) is 0. The standard InChI is InChI=1S/C23H24N2O5/c1-29-14-3-4-17-15(11-14)22-9-10-24-19(27)5-6-21(24)7-8-23(22,25(17)20(28)30-2)16(12-21)18(26)13-22/h3-6,11,16H,7-10,12-13H2,1-2H3/t16-,21+,22+,23+/m0/s1. The molecule has 2 aliphatic carbocycles. The Morgan fingerprint density at radius 1 is 1.17 bits per heavy atom. The lowest BCUT2D eigenvalue weighted by molar-refractivity contribution is -0.135. The second-order valence-electron chi connectivity index (χ2n) is 9.27. The van der Waals surface area contributed by atoms with Gasteiger partial charge < -0.3 is 14.4 Å². The number of methoxy groups -OCH3 is 2. The topological polar surface area (TPSA) is 76.2 Å². The molecule has 0 aromatic heterocycles. The highest BCUT2D eigenvalue weighted by molar-refractivity contribution is 6.02. The van der Waals surface area contributed by atoms with Crippen LogP contribution in [0.4, 0.5) is 10.5 Å². The second kappa shape index (κ2) is 5.45. The summed E-state index contributed by atoms with van der Waals surface area (Å²) in [7, 11) is 3.01. The maximum absolute atomic E-state index is 13.5. The van der Waals surface area contributed by atoms with Crippen LogP contribution in [0.1, 0.15) is 37.7 Å². The molecular formula is C23H24N2O5. The molecule has 2 amide bonds. The van der Waals surface area contributed by atoms with Crippen molar-refractivity contribution in [1.29, 1.82) is 0 Å². The number of amides is 2. The summed E-state index contributed by atoms with van der Waals surface area (Å²) in [5.74, 6) is 0.585. The number of carbonyl (C=O) groups is 3. The molecule has 4 heterocycles. The fourth-order valence-corrected chi connectivity index (χ4v) is 7.43. The Balaban J connectivity index is 1.64. The van der Waals surface area contributed by atoms with Gasteiger partial charge in [-0.2, -0.15) is 0 Å². The highest BCUT2D eigenvalue weighted by Gasteiger charge is 2.76. The Hall–Kier alpha value is -2.83. The fourth-order valence-electron chi connectivity index (χ4n) is 7.43. The molecule has 0 unspecified atom stereocenters. The normalized spacial score (nSPS) is 37.6. The van der Waals surface area contributed by atoms with E-state index in [0.29, 0.717) is 38.0 Å². The number of anilines is 1. The molecule has 1 aromatic carbocycles. The number of Topliss-reactive ketones (excluding diaryl/α,β-unsaturated/α-hetero) is 1. The first-order valence-corrected chi connectivity index (χ1v) is 10.5. The van der Waals surface area contributed by atoms with Gasteiger partial charge in [0.2, 0.25) is 5.91 Å². The quantitative estimate of drug-likeness (QED) is 0.714. The Labute approximate surface area is 174 Å². The fraction of sp³-hybridized carbons (Fsp3) is 0.522. The number of hydrogen-bond acceptors (Lipinski definition) is 5. The molecule has 2 saturated carbocycles. The molecule has 7 heteroatoms. The number of ether oxygens (including phenoxy) is 2. The Morgan fingerprint density at radius 2 is 2.00 bits per heavy atom. The van der Waals surface area contributed by atoms with Gasteiger partial charge in [0.15, 0.2) is 0 Å². The van der Waals surface area contributed by atoms with Crippen molar-refractivity contribution in [3.05, 3.63) is 35.9 Å². The Morgan fingerprint density at radius 3 is 2.77 bits per heavy atom. The van der Waals surface area contributed by atoms with Gasteiger partial charge in [-0.05, 0) is 49.4 Å². The van der Waals surface area contributed by atoms with Crippen molar-refractivity contribution in [2.45, 2.75) is 48.6 Å². The molecule has 2 spiro atoms. The third-order valence-corrected chi connectivity index (χ3v) is 8.58. The van der Waals surface area contributed by atoms with E-state index in [1.54, 1.807) is 18.1 Å². The molecule has 4 atom stereocenters. The van der Waals surface area contributed by atoms with Crippen LogP contribution in [0.2, 0.25) is 0 Å². The van der Waals surface area contributed by atoms with Gasteiger partial charge in [0, 0.05) is 30.4 Å². The molecule has 4 fully saturated rings. The maximum Gasteiger partial charge on any atom is 0.414 e. The van der Waals surface area contributed by atoms with Gasteiger partial charge in [-0.1, -0.05) is 6.08 Å². The Bertz CT molecular complexity index is 1050. The van der Waals surface area contributed by atoms with E-state index >= 15 is 0 Å². The van der Waals surface area contributed by atoms with E-state index in [2.05, 4.69) is 0 Å². The summed E-state index contributed by atoms with van der Waals surface area (Å²) in [6, 6.07) is 5.74. The molecule has 2 saturated heterocycles. The SMILES string of the molecule is COC(=O)N1c2ccc(OC)cc2[C@]23CCN4C(=O)C=C[C@]45CC[C@]12[C@@H](C5)C(=O)C3. The van der Waals surface area contributed by atoms with Crippen molar-refractivity contribution in [2.75, 3.05) is 25.7 Å². The summed E-state index contributed by atoms with van der Waals surface area (Å²) in [6.45, 7) is 0.569. The van der Waals surface area contributed by atoms with E-state index in [1.165, 1.54) is 7.11 Å². The molecule has 4 bridgehead atoms. The highest BCUT2D eigenvalue weighted by atomic mass is 16.5. The predicted molar refractivity (Wildman–Crippen MR) is 107 cm³/mol. The monoisotopic (exact) mass is 408 g/mol. The number of fused-ring (bicyclic) bond motifs is 3. The number of nitrogens with zero attached hydrogens (tertiary/aromatic N) is 2. The molecule has 4 aliphatic heterocycles. The summed E-state index contributed by atoms with van der Waals surface area (Å²) >= 11 is 0. The van der Waals surface area contributed by atoms with E-state index in [0.717, 1.165) is 17.7 Å². The van der Waals surface area contributed by atoms with Crippen molar-refractivity contribution in [1.82, 2.24) is 4.90 Å². The van der Waals surface area contributed by atoms with Gasteiger partial charge in [0.05, 0.1) is 31.0 Å². The van der Waals surface area contributed by atoms with Gasteiger partial charge >= 0.3 is 6.09 Å². The molecule has 1 aromatic rings. The molecule has 7 rings (SSSR count). The van der Waals surface area contributed by atoms with E-state index in [4.69, 9.17) is 9.47 Å². The molecule has 156 valence electrons. The van der Waals surface area contributed by atoms with Crippen LogP contribution in [0.15, 0.2) is 30.4 Å². The van der Waals surface area contributed by atoms with E-state index in [-0.39, 0.29) is 17.6 Å². The van der Waals surface area contributed by atoms with Crippen molar-refractivity contribution in [3.63, 3.8) is 0 Å². The number of benzene rings is 1. The number of hydrogen-bond donors (Lipinski definition) is 0. The van der Waals surface area contributed by atoms with E-state index < -0.39 is 22.6 Å². The first-order valence-electron chi connectivity index (χ1n) is 10.5. The van der Waals surface area contributed by atoms with Gasteiger partial charge in [0.25, 0.3) is 0 Å². The zero-order chi connectivity index (χ0) is 20.9. The lowest BCUT2D eigenvalue weighted by Gasteiger charge is -2.58. The smallest absolute Gasteiger partial charge is 0.414 e. The largest absolute Gasteiger partial charge is 0.497 e. The van der Waals surface area contributed by atoms with Crippen molar-refractivity contribution in [3.8, 4) is 5.75 Å². The predicted octanol–water partition coefficient (Wildman–Crippen LogP) is 2.57. The average Bonchev–Trinajstić information content (AvgIpc) is 3.26. The molecule has 7 nitrogen and oxygen atoms in total. The lowest BCUT2D eigenvalue weighted by Crippen LogP contribution is -2.68. The minimum Gasteiger partial charge on any atom is -0.497 e. The highest BCUT2D eigenvalue weighted by Crippen LogP contribution is 2.70. The minimum absolute atomic E-state index is 0.0290. The van der Waals surface area contributed by atoms with Crippen molar-refractivity contribution >= 4 is 23.5 Å². The zero-order valence-corrected chi connectivity index (χ0v) is 17.1. The van der Waals surface area contributed by atoms with E-state index in [9.17, 15) is 14.4 Å². The van der Waals surface area contributed by atoms with Crippen LogP contribution in [-0.4, -0.2) is 54.5 Å². The lowest BCUT2D eigenvalue weighted by atomic mass is 9.56. The zero-order valence-electron chi connectivity index (χ0n) is 17.1. The van der Waals surface area contributed by atoms with Gasteiger partial charge in [-0.15, -0.1) is 0 Å². The van der Waals surface area contributed by atoms with Crippen LogP contribution in [0.5, 0.6) is 5.75 Å². The third-order valence-electron chi connectivity index (χ3n) is 8.58. The molecule has 0 radical (unpaired) electrons. The van der Waals surface area contributed by atoms with Crippen LogP contribution >= 0.6 is 0 Å². The summed E-state index contributed by atoms with van der Waals surface area (Å²) < 4.78 is 10.7. The van der Waals surface area contributed by atoms with Crippen LogP contribution in [0.3, 0.4) is 0 Å². The summed E-state index contributed by atoms with van der Waals surface area (Å²) in [5.41, 5.74) is 0.176. The number of ketones is 1. The maximum atomic E-state index is 13.5. The van der Waals surface area contributed by atoms with Gasteiger partial charge in [0.1, 0.15) is 11.5 Å². The molecule has 6 aliphatic rings. The van der Waals surface area contributed by atoms with Crippen LogP contribution in [0, 0.1) is 5.92 Å². The van der Waals surface area contributed by atoms with Gasteiger partial charge in [-0.3, -0.25) is 14.5 Å². The average molecular weight is 408 g/mol.